The van der Waals surface area contributed by atoms with Crippen molar-refractivity contribution in [2.24, 2.45) is 17.6 Å². The third-order valence-electron chi connectivity index (χ3n) is 4.23. The second kappa shape index (κ2) is 9.89. The summed E-state index contributed by atoms with van der Waals surface area (Å²) in [5, 5.41) is 2.30. The summed E-state index contributed by atoms with van der Waals surface area (Å²) in [7, 11) is 2.07. The molecule has 0 unspecified atom stereocenters. The molecule has 160 valence electrons. The highest BCUT2D eigenvalue weighted by Crippen LogP contribution is 2.29. The molecular formula is C18H21F3N2O6. The molecule has 0 saturated heterocycles. The summed E-state index contributed by atoms with van der Waals surface area (Å²) in [5.74, 6) is -6.34. The van der Waals surface area contributed by atoms with Crippen LogP contribution in [-0.4, -0.2) is 44.0 Å². The normalized spacial score (nSPS) is 13.3. The minimum absolute atomic E-state index is 0.254. The minimum atomic E-state index is -4.51. The monoisotopic (exact) mass is 418 g/mol. The van der Waals surface area contributed by atoms with E-state index >= 15 is 0 Å². The van der Waals surface area contributed by atoms with Gasteiger partial charge >= 0.3 is 18.1 Å². The molecule has 2 amide bonds. The number of nitrogens with two attached hydrogens (primary N) is 1. The van der Waals surface area contributed by atoms with Gasteiger partial charge in [-0.2, -0.15) is 13.2 Å². The van der Waals surface area contributed by atoms with Crippen LogP contribution in [0.3, 0.4) is 0 Å². The zero-order valence-corrected chi connectivity index (χ0v) is 15.9. The predicted molar refractivity (Wildman–Crippen MR) is 93.0 cm³/mol. The van der Waals surface area contributed by atoms with E-state index in [9.17, 15) is 32.3 Å². The van der Waals surface area contributed by atoms with E-state index in [-0.39, 0.29) is 12.0 Å². The fourth-order valence-corrected chi connectivity index (χ4v) is 2.66. The topological polar surface area (TPSA) is 125 Å². The Bertz CT molecular complexity index is 748. The lowest BCUT2D eigenvalue weighted by atomic mass is 9.86. The van der Waals surface area contributed by atoms with Gasteiger partial charge in [-0.3, -0.25) is 19.2 Å². The third kappa shape index (κ3) is 6.47. The number of carbonyl (C=O) groups excluding carboxylic acids is 4. The molecule has 1 rings (SSSR count). The molecule has 3 N–H and O–H groups in total. The number of esters is 2. The highest BCUT2D eigenvalue weighted by molar-refractivity contribution is 5.97. The standard InChI is InChI=1S/C18H21F3N2O6/c1-9(13(16(26)28-2)17(27)29-3)14(15(22)25)23-12(24)8-10-4-6-11(7-5-10)18(19,20)21/h4-7,9,13-14H,8H2,1-3H3,(H2,22,25)(H,23,24)/t9-,14-/m0/s1. The molecule has 0 saturated carbocycles. The summed E-state index contributed by atoms with van der Waals surface area (Å²) < 4.78 is 46.8. The van der Waals surface area contributed by atoms with E-state index in [0.717, 1.165) is 38.5 Å². The van der Waals surface area contributed by atoms with Crippen molar-refractivity contribution in [1.82, 2.24) is 5.32 Å². The van der Waals surface area contributed by atoms with Crippen molar-refractivity contribution in [1.29, 1.82) is 0 Å². The van der Waals surface area contributed by atoms with Crippen LogP contribution in [0.1, 0.15) is 18.1 Å². The first kappa shape index (κ1) is 23.9. The smallest absolute Gasteiger partial charge is 0.416 e. The first-order valence-corrected chi connectivity index (χ1v) is 8.32. The van der Waals surface area contributed by atoms with E-state index in [4.69, 9.17) is 5.73 Å². The van der Waals surface area contributed by atoms with Crippen LogP contribution in [0, 0.1) is 11.8 Å². The number of alkyl halides is 3. The number of ether oxygens (including phenoxy) is 2. The molecule has 0 aliphatic heterocycles. The Morgan fingerprint density at radius 1 is 1.03 bits per heavy atom. The van der Waals surface area contributed by atoms with Crippen LogP contribution in [-0.2, 0) is 41.2 Å². The summed E-state index contributed by atoms with van der Waals surface area (Å²) in [4.78, 5) is 47.8. The minimum Gasteiger partial charge on any atom is -0.468 e. The van der Waals surface area contributed by atoms with Gasteiger partial charge in [-0.1, -0.05) is 19.1 Å². The van der Waals surface area contributed by atoms with E-state index in [2.05, 4.69) is 14.8 Å². The van der Waals surface area contributed by atoms with E-state index in [0.29, 0.717) is 0 Å². The van der Waals surface area contributed by atoms with Crippen LogP contribution in [0.25, 0.3) is 0 Å². The van der Waals surface area contributed by atoms with Gasteiger partial charge in [-0.05, 0) is 17.7 Å². The van der Waals surface area contributed by atoms with Gasteiger partial charge in [0.2, 0.25) is 11.8 Å². The van der Waals surface area contributed by atoms with Crippen LogP contribution in [0.15, 0.2) is 24.3 Å². The van der Waals surface area contributed by atoms with Crippen molar-refractivity contribution in [3.05, 3.63) is 35.4 Å². The molecule has 0 radical (unpaired) electrons. The zero-order chi connectivity index (χ0) is 22.4. The fraction of sp³-hybridized carbons (Fsp3) is 0.444. The maximum atomic E-state index is 12.6. The maximum Gasteiger partial charge on any atom is 0.416 e. The number of hydrogen-bond acceptors (Lipinski definition) is 6. The number of rotatable bonds is 8. The number of hydrogen-bond donors (Lipinski definition) is 2. The lowest BCUT2D eigenvalue weighted by molar-refractivity contribution is -0.162. The highest BCUT2D eigenvalue weighted by atomic mass is 19.4. The van der Waals surface area contributed by atoms with Gasteiger partial charge in [-0.15, -0.1) is 0 Å². The Morgan fingerprint density at radius 2 is 1.52 bits per heavy atom. The van der Waals surface area contributed by atoms with E-state index in [1.165, 1.54) is 6.92 Å². The summed E-state index contributed by atoms with van der Waals surface area (Å²) in [6.45, 7) is 1.33. The molecule has 1 aromatic carbocycles. The first-order valence-electron chi connectivity index (χ1n) is 8.32. The second-order valence-electron chi connectivity index (χ2n) is 6.20. The second-order valence-corrected chi connectivity index (χ2v) is 6.20. The predicted octanol–water partition coefficient (Wildman–Crippen LogP) is 0.816. The molecule has 0 fully saturated rings. The van der Waals surface area contributed by atoms with Crippen molar-refractivity contribution in [2.75, 3.05) is 14.2 Å². The summed E-state index contributed by atoms with van der Waals surface area (Å²) in [6.07, 6.45) is -4.86. The van der Waals surface area contributed by atoms with Gasteiger partial charge < -0.3 is 20.5 Å². The number of primary amides is 1. The number of benzene rings is 1. The van der Waals surface area contributed by atoms with Crippen molar-refractivity contribution in [3.63, 3.8) is 0 Å². The number of halogens is 3. The Balaban J connectivity index is 2.94. The van der Waals surface area contributed by atoms with Gasteiger partial charge in [0.1, 0.15) is 6.04 Å². The Morgan fingerprint density at radius 3 is 1.90 bits per heavy atom. The lowest BCUT2D eigenvalue weighted by Gasteiger charge is -2.26. The van der Waals surface area contributed by atoms with Gasteiger partial charge in [0.25, 0.3) is 0 Å². The van der Waals surface area contributed by atoms with Crippen molar-refractivity contribution < 1.29 is 41.8 Å². The van der Waals surface area contributed by atoms with Gasteiger partial charge in [0, 0.05) is 5.92 Å². The molecule has 2 atom stereocenters. The van der Waals surface area contributed by atoms with Gasteiger partial charge in [0.05, 0.1) is 26.2 Å². The van der Waals surface area contributed by atoms with Gasteiger partial charge in [0.15, 0.2) is 5.92 Å². The number of amides is 2. The summed E-state index contributed by atoms with van der Waals surface area (Å²) >= 11 is 0. The molecule has 1 aromatic rings. The SMILES string of the molecule is COC(=O)C(C(=O)OC)[C@H](C)[C@H](NC(=O)Cc1ccc(C(F)(F)F)cc1)C(N)=O. The van der Waals surface area contributed by atoms with Crippen LogP contribution >= 0.6 is 0 Å². The van der Waals surface area contributed by atoms with Crippen molar-refractivity contribution in [3.8, 4) is 0 Å². The lowest BCUT2D eigenvalue weighted by Crippen LogP contribution is -2.53. The highest BCUT2D eigenvalue weighted by Gasteiger charge is 2.41. The van der Waals surface area contributed by atoms with Crippen LogP contribution in [0.4, 0.5) is 13.2 Å². The van der Waals surface area contributed by atoms with Gasteiger partial charge in [-0.25, -0.2) is 0 Å². The molecule has 0 aromatic heterocycles. The zero-order valence-electron chi connectivity index (χ0n) is 15.9. The molecule has 0 aliphatic rings. The molecule has 11 heteroatoms. The Hall–Kier alpha value is -3.11. The van der Waals surface area contributed by atoms with Crippen molar-refractivity contribution >= 4 is 23.8 Å². The Labute approximate surface area is 164 Å². The van der Waals surface area contributed by atoms with Crippen molar-refractivity contribution in [2.45, 2.75) is 25.6 Å². The number of nitrogens with one attached hydrogen (secondary N) is 1. The van der Waals surface area contributed by atoms with Crippen LogP contribution < -0.4 is 11.1 Å². The molecule has 0 spiro atoms. The molecular weight excluding hydrogens is 397 g/mol. The van der Waals surface area contributed by atoms with E-state index in [1.807, 2.05) is 0 Å². The largest absolute Gasteiger partial charge is 0.468 e. The number of methoxy groups -OCH3 is 2. The molecule has 0 heterocycles. The molecule has 8 nitrogen and oxygen atoms in total. The number of carbonyl (C=O) groups is 4. The molecule has 0 bridgehead atoms. The molecule has 29 heavy (non-hydrogen) atoms. The Kier molecular flexibility index (Phi) is 8.16. The maximum absolute atomic E-state index is 12.6. The van der Waals surface area contributed by atoms with E-state index in [1.54, 1.807) is 0 Å². The third-order valence-corrected chi connectivity index (χ3v) is 4.23. The van der Waals surface area contributed by atoms with Crippen LogP contribution in [0.5, 0.6) is 0 Å². The first-order chi connectivity index (χ1) is 13.4. The summed E-state index contributed by atoms with van der Waals surface area (Å²) in [6, 6.07) is 2.45. The molecule has 0 aliphatic carbocycles. The average molecular weight is 418 g/mol. The fourth-order valence-electron chi connectivity index (χ4n) is 2.66. The van der Waals surface area contributed by atoms with Crippen LogP contribution in [0.2, 0.25) is 0 Å². The average Bonchev–Trinajstić information content (AvgIpc) is 2.65. The quantitative estimate of drug-likeness (QED) is 0.476. The summed E-state index contributed by atoms with van der Waals surface area (Å²) in [5.41, 5.74) is 4.67. The van der Waals surface area contributed by atoms with E-state index < -0.39 is 53.4 Å².